The Bertz CT molecular complexity index is 396. The molecular formula is C13H18BrNO3. The molecule has 0 aliphatic carbocycles. The fourth-order valence-electron chi connectivity index (χ4n) is 1.32. The van der Waals surface area contributed by atoms with Crippen molar-refractivity contribution in [2.24, 2.45) is 0 Å². The number of rotatable bonds is 7. The van der Waals surface area contributed by atoms with Crippen molar-refractivity contribution in [1.82, 2.24) is 5.32 Å². The molecule has 1 N–H and O–H groups in total. The molecule has 0 fully saturated rings. The summed E-state index contributed by atoms with van der Waals surface area (Å²) in [7, 11) is 1.59. The maximum Gasteiger partial charge on any atom is 0.257 e. The molecule has 1 rings (SSSR count). The molecule has 1 aromatic carbocycles. The lowest BCUT2D eigenvalue weighted by atomic mass is 10.3. The number of hydrogen-bond acceptors (Lipinski definition) is 3. The molecule has 5 heteroatoms. The zero-order valence-corrected chi connectivity index (χ0v) is 12.2. The van der Waals surface area contributed by atoms with Crippen LogP contribution in [-0.2, 0) is 4.79 Å². The first kappa shape index (κ1) is 14.8. The number of benzene rings is 1. The Balaban J connectivity index is 2.45. The van der Waals surface area contributed by atoms with Gasteiger partial charge in [0.2, 0.25) is 0 Å². The number of halogens is 1. The van der Waals surface area contributed by atoms with E-state index in [1.165, 1.54) is 0 Å². The predicted molar refractivity (Wildman–Crippen MR) is 74.1 cm³/mol. The van der Waals surface area contributed by atoms with Crippen LogP contribution in [0, 0.1) is 0 Å². The smallest absolute Gasteiger partial charge is 0.257 e. The summed E-state index contributed by atoms with van der Waals surface area (Å²) in [6.45, 7) is 2.78. The molecule has 4 nitrogen and oxygen atoms in total. The topological polar surface area (TPSA) is 47.6 Å². The van der Waals surface area contributed by atoms with E-state index in [9.17, 15) is 4.79 Å². The van der Waals surface area contributed by atoms with E-state index >= 15 is 0 Å². The number of carbonyl (C=O) groups excluding carboxylic acids is 1. The normalized spacial score (nSPS) is 9.94. The Morgan fingerprint density at radius 3 is 2.89 bits per heavy atom. The van der Waals surface area contributed by atoms with Gasteiger partial charge in [0.25, 0.3) is 5.91 Å². The second-order valence-corrected chi connectivity index (χ2v) is 4.64. The third kappa shape index (κ3) is 4.96. The zero-order valence-electron chi connectivity index (χ0n) is 10.7. The van der Waals surface area contributed by atoms with Crippen LogP contribution in [0.2, 0.25) is 0 Å². The minimum absolute atomic E-state index is 0.00941. The number of methoxy groups -OCH3 is 1. The molecule has 0 atom stereocenters. The molecule has 18 heavy (non-hydrogen) atoms. The Hall–Kier alpha value is -1.23. The number of nitrogens with one attached hydrogen (secondary N) is 1. The molecule has 0 radical (unpaired) electrons. The van der Waals surface area contributed by atoms with Crippen molar-refractivity contribution >= 4 is 21.8 Å². The quantitative estimate of drug-likeness (QED) is 0.787. The fourth-order valence-corrected chi connectivity index (χ4v) is 1.68. The summed E-state index contributed by atoms with van der Waals surface area (Å²) in [5.41, 5.74) is 0. The van der Waals surface area contributed by atoms with Gasteiger partial charge >= 0.3 is 0 Å². The van der Waals surface area contributed by atoms with Gasteiger partial charge in [0, 0.05) is 12.6 Å². The second-order valence-electron chi connectivity index (χ2n) is 3.79. The minimum Gasteiger partial charge on any atom is -0.497 e. The van der Waals surface area contributed by atoms with Crippen LogP contribution in [0.4, 0.5) is 0 Å². The van der Waals surface area contributed by atoms with Crippen molar-refractivity contribution in [2.45, 2.75) is 19.8 Å². The summed E-state index contributed by atoms with van der Waals surface area (Å²) in [5.74, 6) is 1.18. The number of amides is 1. The highest BCUT2D eigenvalue weighted by Crippen LogP contribution is 2.29. The van der Waals surface area contributed by atoms with Crippen LogP contribution in [0.3, 0.4) is 0 Å². The molecular weight excluding hydrogens is 298 g/mol. The lowest BCUT2D eigenvalue weighted by Gasteiger charge is -2.10. The van der Waals surface area contributed by atoms with Crippen LogP contribution in [-0.4, -0.2) is 26.2 Å². The zero-order chi connectivity index (χ0) is 13.4. The third-order valence-corrected chi connectivity index (χ3v) is 3.00. The molecule has 0 saturated heterocycles. The van der Waals surface area contributed by atoms with E-state index in [2.05, 4.69) is 28.2 Å². The van der Waals surface area contributed by atoms with Crippen LogP contribution >= 0.6 is 15.9 Å². The van der Waals surface area contributed by atoms with Gasteiger partial charge in [-0.1, -0.05) is 13.3 Å². The number of hydrogen-bond donors (Lipinski definition) is 1. The van der Waals surface area contributed by atoms with Crippen molar-refractivity contribution in [3.63, 3.8) is 0 Å². The maximum atomic E-state index is 11.5. The molecule has 0 aliphatic heterocycles. The van der Waals surface area contributed by atoms with Gasteiger partial charge in [-0.15, -0.1) is 0 Å². The monoisotopic (exact) mass is 315 g/mol. The second kappa shape index (κ2) is 7.97. The first-order valence-corrected chi connectivity index (χ1v) is 6.69. The lowest BCUT2D eigenvalue weighted by Crippen LogP contribution is -2.29. The molecule has 0 spiro atoms. The van der Waals surface area contributed by atoms with Crippen LogP contribution in [0.1, 0.15) is 19.8 Å². The van der Waals surface area contributed by atoms with Crippen molar-refractivity contribution in [1.29, 1.82) is 0 Å². The molecule has 0 bridgehead atoms. The van der Waals surface area contributed by atoms with E-state index in [1.54, 1.807) is 13.2 Å². The lowest BCUT2D eigenvalue weighted by molar-refractivity contribution is -0.123. The molecule has 1 aromatic rings. The highest BCUT2D eigenvalue weighted by Gasteiger charge is 2.06. The summed E-state index contributed by atoms with van der Waals surface area (Å²) in [5, 5.41) is 2.79. The van der Waals surface area contributed by atoms with E-state index < -0.39 is 0 Å². The SMILES string of the molecule is CCCCNC(=O)COc1cc(OC)ccc1Br. The number of ether oxygens (including phenoxy) is 2. The highest BCUT2D eigenvalue weighted by atomic mass is 79.9. The average molecular weight is 316 g/mol. The Labute approximate surface area is 116 Å². The average Bonchev–Trinajstić information content (AvgIpc) is 2.38. The van der Waals surface area contributed by atoms with Gasteiger partial charge in [0.05, 0.1) is 11.6 Å². The molecule has 0 saturated carbocycles. The summed E-state index contributed by atoms with van der Waals surface area (Å²) < 4.78 is 11.3. The van der Waals surface area contributed by atoms with Crippen molar-refractivity contribution < 1.29 is 14.3 Å². The van der Waals surface area contributed by atoms with Crippen LogP contribution in [0.25, 0.3) is 0 Å². The molecule has 1 amide bonds. The van der Waals surface area contributed by atoms with Gasteiger partial charge in [0.1, 0.15) is 11.5 Å². The van der Waals surface area contributed by atoms with Crippen LogP contribution in [0.15, 0.2) is 22.7 Å². The summed E-state index contributed by atoms with van der Waals surface area (Å²) >= 11 is 3.36. The van der Waals surface area contributed by atoms with Crippen molar-refractivity contribution in [3.05, 3.63) is 22.7 Å². The van der Waals surface area contributed by atoms with E-state index in [-0.39, 0.29) is 12.5 Å². The van der Waals surface area contributed by atoms with Gasteiger partial charge in [-0.2, -0.15) is 0 Å². The van der Waals surface area contributed by atoms with Gasteiger partial charge in [-0.25, -0.2) is 0 Å². The first-order valence-electron chi connectivity index (χ1n) is 5.90. The Kier molecular flexibility index (Phi) is 6.57. The summed E-state index contributed by atoms with van der Waals surface area (Å²) in [6.07, 6.45) is 2.04. The fraction of sp³-hybridized carbons (Fsp3) is 0.462. The Morgan fingerprint density at radius 2 is 2.22 bits per heavy atom. The molecule has 0 aliphatic rings. The van der Waals surface area contributed by atoms with Crippen LogP contribution in [0.5, 0.6) is 11.5 Å². The standard InChI is InChI=1S/C13H18BrNO3/c1-3-4-7-15-13(16)9-18-12-8-10(17-2)5-6-11(12)14/h5-6,8H,3-4,7,9H2,1-2H3,(H,15,16). The first-order chi connectivity index (χ1) is 8.67. The van der Waals surface area contributed by atoms with Crippen molar-refractivity contribution in [2.75, 3.05) is 20.3 Å². The van der Waals surface area contributed by atoms with Gasteiger partial charge < -0.3 is 14.8 Å². The van der Waals surface area contributed by atoms with E-state index in [4.69, 9.17) is 9.47 Å². The molecule has 0 aromatic heterocycles. The third-order valence-electron chi connectivity index (χ3n) is 2.35. The van der Waals surface area contributed by atoms with Crippen molar-refractivity contribution in [3.8, 4) is 11.5 Å². The Morgan fingerprint density at radius 1 is 1.44 bits per heavy atom. The molecule has 100 valence electrons. The number of carbonyl (C=O) groups is 1. The maximum absolute atomic E-state index is 11.5. The van der Waals surface area contributed by atoms with Gasteiger partial charge in [-0.05, 0) is 34.5 Å². The highest BCUT2D eigenvalue weighted by molar-refractivity contribution is 9.10. The largest absolute Gasteiger partial charge is 0.497 e. The molecule has 0 unspecified atom stereocenters. The van der Waals surface area contributed by atoms with Gasteiger partial charge in [-0.3, -0.25) is 4.79 Å². The van der Waals surface area contributed by atoms with Crippen LogP contribution < -0.4 is 14.8 Å². The summed E-state index contributed by atoms with van der Waals surface area (Å²) in [4.78, 5) is 11.5. The van der Waals surface area contributed by atoms with Gasteiger partial charge in [0.15, 0.2) is 6.61 Å². The predicted octanol–water partition coefficient (Wildman–Crippen LogP) is 2.75. The number of unbranched alkanes of at least 4 members (excludes halogenated alkanes) is 1. The molecule has 0 heterocycles. The summed E-state index contributed by atoms with van der Waals surface area (Å²) in [6, 6.07) is 5.38. The van der Waals surface area contributed by atoms with E-state index in [0.717, 1.165) is 17.3 Å². The minimum atomic E-state index is -0.113. The van der Waals surface area contributed by atoms with E-state index in [1.807, 2.05) is 12.1 Å². The van der Waals surface area contributed by atoms with E-state index in [0.29, 0.717) is 18.0 Å².